The number of hydrogen-bond acceptors (Lipinski definition) is 2. The molecule has 3 nitrogen and oxygen atoms in total. The summed E-state index contributed by atoms with van der Waals surface area (Å²) in [5.74, 6) is 0.846. The largest absolute Gasteiger partial charge is 0.491 e. The number of benzene rings is 2. The van der Waals surface area contributed by atoms with Crippen LogP contribution < -0.4 is 15.4 Å². The Kier molecular flexibility index (Phi) is 7.47. The average Bonchev–Trinajstić information content (AvgIpc) is 2.59. The van der Waals surface area contributed by atoms with Crippen LogP contribution in [0.1, 0.15) is 31.4 Å². The molecule has 0 aliphatic rings. The van der Waals surface area contributed by atoms with E-state index in [9.17, 15) is 13.2 Å². The molecule has 2 N–H and O–H groups in total. The van der Waals surface area contributed by atoms with Crippen LogP contribution in [0.2, 0.25) is 0 Å². The molecule has 0 saturated heterocycles. The second kappa shape index (κ2) is 9.60. The summed E-state index contributed by atoms with van der Waals surface area (Å²) in [7, 11) is 0. The molecule has 0 fully saturated rings. The van der Waals surface area contributed by atoms with Gasteiger partial charge in [-0.3, -0.25) is 0 Å². The summed E-state index contributed by atoms with van der Waals surface area (Å²) in [6.45, 7) is 4.58. The van der Waals surface area contributed by atoms with Gasteiger partial charge in [-0.05, 0) is 74.8 Å². The van der Waals surface area contributed by atoms with Gasteiger partial charge in [0, 0.05) is 12.2 Å². The minimum atomic E-state index is -4.37. The minimum absolute atomic E-state index is 0.144. The molecule has 0 unspecified atom stereocenters. The highest BCUT2D eigenvalue weighted by Gasteiger charge is 2.30. The van der Waals surface area contributed by atoms with Crippen molar-refractivity contribution in [3.63, 3.8) is 0 Å². The number of rotatable bonds is 7. The third-order valence-corrected chi connectivity index (χ3v) is 3.92. The van der Waals surface area contributed by atoms with E-state index in [1.807, 2.05) is 38.1 Å². The number of alkyl halides is 3. The first-order chi connectivity index (χ1) is 12.7. The molecule has 7 heteroatoms. The number of ether oxygens (including phenoxy) is 1. The van der Waals surface area contributed by atoms with Crippen LogP contribution in [0, 0.1) is 0 Å². The van der Waals surface area contributed by atoms with E-state index in [1.54, 1.807) is 6.07 Å². The van der Waals surface area contributed by atoms with Crippen LogP contribution in [-0.2, 0) is 12.6 Å². The number of nitrogens with one attached hydrogen (secondary N) is 2. The van der Waals surface area contributed by atoms with E-state index < -0.39 is 11.7 Å². The van der Waals surface area contributed by atoms with Crippen molar-refractivity contribution in [1.29, 1.82) is 0 Å². The predicted molar refractivity (Wildman–Crippen MR) is 106 cm³/mol. The monoisotopic (exact) mass is 396 g/mol. The second-order valence-electron chi connectivity index (χ2n) is 6.37. The fourth-order valence-electron chi connectivity index (χ4n) is 2.45. The number of anilines is 1. The van der Waals surface area contributed by atoms with Gasteiger partial charge in [0.25, 0.3) is 0 Å². The fourth-order valence-corrected chi connectivity index (χ4v) is 2.67. The molecule has 146 valence electrons. The summed E-state index contributed by atoms with van der Waals surface area (Å²) in [6, 6.07) is 12.9. The number of hydrogen-bond donors (Lipinski definition) is 2. The molecular formula is C20H23F3N2OS. The highest BCUT2D eigenvalue weighted by Crippen LogP contribution is 2.30. The molecule has 0 amide bonds. The third kappa shape index (κ3) is 7.46. The molecule has 2 aromatic rings. The summed E-state index contributed by atoms with van der Waals surface area (Å²) in [6.07, 6.45) is -2.52. The van der Waals surface area contributed by atoms with Crippen LogP contribution in [-0.4, -0.2) is 17.8 Å². The lowest BCUT2D eigenvalue weighted by molar-refractivity contribution is -0.137. The molecule has 0 saturated carbocycles. The SMILES string of the molecule is CC(C)Oc1ccc(CCCNC(=S)Nc2cccc(C(F)(F)F)c2)cc1. The van der Waals surface area contributed by atoms with Gasteiger partial charge in [-0.2, -0.15) is 13.2 Å². The van der Waals surface area contributed by atoms with Crippen molar-refractivity contribution in [1.82, 2.24) is 5.32 Å². The summed E-state index contributed by atoms with van der Waals surface area (Å²) in [5, 5.41) is 6.09. The van der Waals surface area contributed by atoms with E-state index in [2.05, 4.69) is 10.6 Å². The van der Waals surface area contributed by atoms with E-state index in [1.165, 1.54) is 11.6 Å². The maximum Gasteiger partial charge on any atom is 0.416 e. The number of aryl methyl sites for hydroxylation is 1. The van der Waals surface area contributed by atoms with Gasteiger partial charge in [-0.1, -0.05) is 18.2 Å². The van der Waals surface area contributed by atoms with Gasteiger partial charge in [0.1, 0.15) is 5.75 Å². The molecule has 0 bridgehead atoms. The Balaban J connectivity index is 1.73. The van der Waals surface area contributed by atoms with E-state index in [0.717, 1.165) is 30.7 Å². The highest BCUT2D eigenvalue weighted by molar-refractivity contribution is 7.80. The summed E-state index contributed by atoms with van der Waals surface area (Å²) < 4.78 is 43.8. The molecule has 0 heterocycles. The summed E-state index contributed by atoms with van der Waals surface area (Å²) >= 11 is 5.14. The summed E-state index contributed by atoms with van der Waals surface area (Å²) in [4.78, 5) is 0. The van der Waals surface area contributed by atoms with Gasteiger partial charge >= 0.3 is 6.18 Å². The molecule has 0 radical (unpaired) electrons. The molecule has 0 spiro atoms. The molecule has 27 heavy (non-hydrogen) atoms. The maximum absolute atomic E-state index is 12.7. The lowest BCUT2D eigenvalue weighted by atomic mass is 10.1. The highest BCUT2D eigenvalue weighted by atomic mass is 32.1. The molecule has 0 aliphatic heterocycles. The van der Waals surface area contributed by atoms with Crippen LogP contribution in [0.5, 0.6) is 5.75 Å². The quantitative estimate of drug-likeness (QED) is 0.484. The zero-order valence-electron chi connectivity index (χ0n) is 15.3. The van der Waals surface area contributed by atoms with Crippen LogP contribution in [0.15, 0.2) is 48.5 Å². The van der Waals surface area contributed by atoms with Crippen molar-refractivity contribution in [2.24, 2.45) is 0 Å². The van der Waals surface area contributed by atoms with Crippen molar-refractivity contribution in [2.45, 2.75) is 39.0 Å². The van der Waals surface area contributed by atoms with Crippen LogP contribution in [0.25, 0.3) is 0 Å². The van der Waals surface area contributed by atoms with E-state index in [-0.39, 0.29) is 6.10 Å². The minimum Gasteiger partial charge on any atom is -0.491 e. The molecular weight excluding hydrogens is 373 g/mol. The molecule has 0 aromatic heterocycles. The number of thiocarbonyl (C=S) groups is 1. The van der Waals surface area contributed by atoms with Crippen LogP contribution in [0.4, 0.5) is 18.9 Å². The van der Waals surface area contributed by atoms with Crippen LogP contribution in [0.3, 0.4) is 0 Å². The smallest absolute Gasteiger partial charge is 0.416 e. The topological polar surface area (TPSA) is 33.3 Å². The van der Waals surface area contributed by atoms with Crippen LogP contribution >= 0.6 is 12.2 Å². The first kappa shape index (κ1) is 21.0. The number of halogens is 3. The molecule has 0 aliphatic carbocycles. The van der Waals surface area contributed by atoms with Crippen molar-refractivity contribution in [3.8, 4) is 5.75 Å². The van der Waals surface area contributed by atoms with E-state index >= 15 is 0 Å². The lowest BCUT2D eigenvalue weighted by Crippen LogP contribution is -2.29. The van der Waals surface area contributed by atoms with Crippen molar-refractivity contribution >= 4 is 23.0 Å². The third-order valence-electron chi connectivity index (χ3n) is 3.67. The first-order valence-corrected chi connectivity index (χ1v) is 9.12. The molecule has 2 aromatic carbocycles. The maximum atomic E-state index is 12.7. The lowest BCUT2D eigenvalue weighted by Gasteiger charge is -2.13. The Morgan fingerprint density at radius 3 is 2.44 bits per heavy atom. The normalized spacial score (nSPS) is 11.3. The molecule has 2 rings (SSSR count). The Morgan fingerprint density at radius 1 is 1.11 bits per heavy atom. The van der Waals surface area contributed by atoms with E-state index in [0.29, 0.717) is 17.3 Å². The zero-order chi connectivity index (χ0) is 19.9. The van der Waals surface area contributed by atoms with Gasteiger partial charge in [0.2, 0.25) is 0 Å². The Bertz CT molecular complexity index is 746. The van der Waals surface area contributed by atoms with Gasteiger partial charge in [0.05, 0.1) is 11.7 Å². The van der Waals surface area contributed by atoms with Crippen molar-refractivity contribution in [3.05, 3.63) is 59.7 Å². The van der Waals surface area contributed by atoms with Crippen molar-refractivity contribution in [2.75, 3.05) is 11.9 Å². The van der Waals surface area contributed by atoms with Gasteiger partial charge in [-0.15, -0.1) is 0 Å². The Labute approximate surface area is 162 Å². The summed E-state index contributed by atoms with van der Waals surface area (Å²) in [5.41, 5.74) is 0.785. The Morgan fingerprint density at radius 2 is 1.81 bits per heavy atom. The molecule has 0 atom stereocenters. The van der Waals surface area contributed by atoms with Crippen molar-refractivity contribution < 1.29 is 17.9 Å². The van der Waals surface area contributed by atoms with Gasteiger partial charge < -0.3 is 15.4 Å². The Hall–Kier alpha value is -2.28. The van der Waals surface area contributed by atoms with E-state index in [4.69, 9.17) is 17.0 Å². The second-order valence-corrected chi connectivity index (χ2v) is 6.78. The first-order valence-electron chi connectivity index (χ1n) is 8.72. The standard InChI is InChI=1S/C20H23F3N2OS/c1-14(2)26-18-10-8-15(9-11-18)5-4-12-24-19(27)25-17-7-3-6-16(13-17)20(21,22)23/h3,6-11,13-14H,4-5,12H2,1-2H3,(H2,24,25,27). The van der Waals surface area contributed by atoms with Gasteiger partial charge in [-0.25, -0.2) is 0 Å². The fraction of sp³-hybridized carbons (Fsp3) is 0.350. The predicted octanol–water partition coefficient (Wildman–Crippen LogP) is 5.41. The zero-order valence-corrected chi connectivity index (χ0v) is 16.1. The average molecular weight is 396 g/mol. The van der Waals surface area contributed by atoms with Gasteiger partial charge in [0.15, 0.2) is 5.11 Å².